The second-order valence-corrected chi connectivity index (χ2v) is 10.8. The summed E-state index contributed by atoms with van der Waals surface area (Å²) < 4.78 is 0.834. The number of benzene rings is 3. The lowest BCUT2D eigenvalue weighted by Gasteiger charge is -2.10. The van der Waals surface area contributed by atoms with Gasteiger partial charge in [-0.25, -0.2) is 4.98 Å². The molecule has 1 aromatic heterocycles. The number of aryl methyl sites for hydroxylation is 1. The van der Waals surface area contributed by atoms with Gasteiger partial charge in [0.1, 0.15) is 0 Å². The summed E-state index contributed by atoms with van der Waals surface area (Å²) >= 11 is 7.61. The number of halogens is 1. The van der Waals surface area contributed by atoms with Gasteiger partial charge < -0.3 is 10.6 Å². The molecule has 0 radical (unpaired) electrons. The van der Waals surface area contributed by atoms with Crippen molar-refractivity contribution in [2.75, 3.05) is 10.6 Å². The van der Waals surface area contributed by atoms with Crippen LogP contribution in [-0.2, 0) is 4.79 Å². The fourth-order valence-corrected chi connectivity index (χ4v) is 5.45. The van der Waals surface area contributed by atoms with Crippen LogP contribution in [0.2, 0.25) is 5.02 Å². The van der Waals surface area contributed by atoms with E-state index < -0.39 is 0 Å². The van der Waals surface area contributed by atoms with Crippen molar-refractivity contribution >= 4 is 55.8 Å². The first kappa shape index (κ1) is 23.5. The number of rotatable bonds is 6. The number of carbonyl (C=O) groups excluding carboxylic acids is 2. The molecule has 1 heterocycles. The van der Waals surface area contributed by atoms with Gasteiger partial charge in [-0.15, -0.1) is 0 Å². The summed E-state index contributed by atoms with van der Waals surface area (Å²) in [7, 11) is 0. The van der Waals surface area contributed by atoms with Crippen molar-refractivity contribution < 1.29 is 9.59 Å². The molecule has 0 saturated heterocycles. The van der Waals surface area contributed by atoms with Crippen LogP contribution in [0.3, 0.4) is 0 Å². The number of hydrogen-bond acceptors (Lipinski definition) is 4. The second-order valence-electron chi connectivity index (χ2n) is 9.35. The van der Waals surface area contributed by atoms with Gasteiger partial charge in [-0.3, -0.25) is 9.59 Å². The van der Waals surface area contributed by atoms with Crippen molar-refractivity contribution in [3.63, 3.8) is 0 Å². The van der Waals surface area contributed by atoms with E-state index >= 15 is 0 Å². The summed E-state index contributed by atoms with van der Waals surface area (Å²) in [6.07, 6.45) is 0.851. The monoisotopic (exact) mass is 503 g/mol. The average Bonchev–Trinajstić information content (AvgIpc) is 3.54. The highest BCUT2D eigenvalue weighted by Crippen LogP contribution is 2.48. The number of amides is 2. The van der Waals surface area contributed by atoms with Crippen molar-refractivity contribution in [1.82, 2.24) is 4.98 Å². The van der Waals surface area contributed by atoms with Gasteiger partial charge in [0.25, 0.3) is 5.91 Å². The predicted octanol–water partition coefficient (Wildman–Crippen LogP) is 7.38. The zero-order valence-electron chi connectivity index (χ0n) is 19.8. The van der Waals surface area contributed by atoms with E-state index in [4.69, 9.17) is 11.6 Å². The van der Waals surface area contributed by atoms with Gasteiger partial charge in [-0.1, -0.05) is 73.2 Å². The SMILES string of the molecule is Cc1cccc(Cl)c1NC(=O)c1ccc2nc(NC(=O)[C@@H]3C[C@H]3c3ccc(C(C)C)cc3)sc2c1. The molecule has 0 bridgehead atoms. The van der Waals surface area contributed by atoms with E-state index in [2.05, 4.69) is 53.7 Å². The number of hydrogen-bond donors (Lipinski definition) is 2. The summed E-state index contributed by atoms with van der Waals surface area (Å²) in [6.45, 7) is 6.25. The molecule has 3 aromatic carbocycles. The van der Waals surface area contributed by atoms with E-state index in [0.717, 1.165) is 22.2 Å². The number of nitrogens with zero attached hydrogens (tertiary/aromatic N) is 1. The van der Waals surface area contributed by atoms with Crippen LogP contribution in [0.15, 0.2) is 60.7 Å². The Hall–Kier alpha value is -3.22. The van der Waals surface area contributed by atoms with Gasteiger partial charge in [0.15, 0.2) is 5.13 Å². The standard InChI is InChI=1S/C28H26ClN3O2S/c1-15(2)17-7-9-18(10-8-17)20-14-21(20)27(34)32-28-30-23-12-11-19(13-24(23)35-28)26(33)31-25-16(3)5-4-6-22(25)29/h4-13,15,20-21H,14H2,1-3H3,(H,31,33)(H,30,32,34)/t20-,21+/m0/s1. The molecule has 0 spiro atoms. The Balaban J connectivity index is 1.25. The van der Waals surface area contributed by atoms with Crippen LogP contribution in [0.4, 0.5) is 10.8 Å². The van der Waals surface area contributed by atoms with Crippen LogP contribution in [0.25, 0.3) is 10.2 Å². The Kier molecular flexibility index (Phi) is 6.34. The number of fused-ring (bicyclic) bond motifs is 1. The number of thiazole rings is 1. The molecule has 1 saturated carbocycles. The van der Waals surface area contributed by atoms with Crippen LogP contribution in [0.5, 0.6) is 0 Å². The molecule has 0 aliphatic heterocycles. The van der Waals surface area contributed by atoms with Gasteiger partial charge in [0.2, 0.25) is 5.91 Å². The van der Waals surface area contributed by atoms with Crippen LogP contribution >= 0.6 is 22.9 Å². The van der Waals surface area contributed by atoms with Gasteiger partial charge in [0, 0.05) is 11.5 Å². The van der Waals surface area contributed by atoms with Crippen molar-refractivity contribution in [3.8, 4) is 0 Å². The molecule has 0 unspecified atom stereocenters. The molecule has 4 aromatic rings. The van der Waals surface area contributed by atoms with E-state index in [1.54, 1.807) is 24.3 Å². The number of para-hydroxylation sites is 1. The van der Waals surface area contributed by atoms with E-state index in [-0.39, 0.29) is 23.7 Å². The molecule has 2 atom stereocenters. The zero-order valence-corrected chi connectivity index (χ0v) is 21.3. The minimum absolute atomic E-state index is 0.00541. The van der Waals surface area contributed by atoms with Crippen molar-refractivity contribution in [1.29, 1.82) is 0 Å². The lowest BCUT2D eigenvalue weighted by Crippen LogP contribution is -2.14. The van der Waals surface area contributed by atoms with Gasteiger partial charge in [-0.05, 0) is 66.1 Å². The number of aromatic nitrogens is 1. The van der Waals surface area contributed by atoms with Crippen LogP contribution in [0.1, 0.15) is 59.2 Å². The highest BCUT2D eigenvalue weighted by Gasteiger charge is 2.44. The summed E-state index contributed by atoms with van der Waals surface area (Å²) in [6, 6.07) is 19.4. The summed E-state index contributed by atoms with van der Waals surface area (Å²) in [5.41, 5.74) is 5.26. The minimum Gasteiger partial charge on any atom is -0.320 e. The van der Waals surface area contributed by atoms with Gasteiger partial charge in [-0.2, -0.15) is 0 Å². The predicted molar refractivity (Wildman–Crippen MR) is 144 cm³/mol. The first-order valence-corrected chi connectivity index (χ1v) is 12.9. The molecule has 5 nitrogen and oxygen atoms in total. The van der Waals surface area contributed by atoms with Crippen molar-refractivity contribution in [2.24, 2.45) is 5.92 Å². The molecule has 1 aliphatic carbocycles. The normalized spacial score (nSPS) is 16.9. The smallest absolute Gasteiger partial charge is 0.255 e. The molecule has 1 fully saturated rings. The Morgan fingerprint density at radius 3 is 2.54 bits per heavy atom. The van der Waals surface area contributed by atoms with E-state index in [0.29, 0.717) is 27.3 Å². The van der Waals surface area contributed by atoms with Gasteiger partial charge in [0.05, 0.1) is 20.9 Å². The molecule has 35 heavy (non-hydrogen) atoms. The third kappa shape index (κ3) is 4.95. The molecule has 5 rings (SSSR count). The number of anilines is 2. The quantitative estimate of drug-likeness (QED) is 0.288. The topological polar surface area (TPSA) is 71.1 Å². The van der Waals surface area contributed by atoms with Crippen LogP contribution < -0.4 is 10.6 Å². The largest absolute Gasteiger partial charge is 0.320 e. The van der Waals surface area contributed by atoms with Crippen LogP contribution in [0, 0.1) is 12.8 Å². The summed E-state index contributed by atoms with van der Waals surface area (Å²) in [4.78, 5) is 30.2. The lowest BCUT2D eigenvalue weighted by atomic mass is 10.00. The second kappa shape index (κ2) is 9.44. The Morgan fingerprint density at radius 2 is 1.83 bits per heavy atom. The fourth-order valence-electron chi connectivity index (χ4n) is 4.27. The first-order chi connectivity index (χ1) is 16.8. The molecule has 2 amide bonds. The third-order valence-electron chi connectivity index (χ3n) is 6.50. The lowest BCUT2D eigenvalue weighted by molar-refractivity contribution is -0.117. The molecule has 1 aliphatic rings. The van der Waals surface area contributed by atoms with E-state index in [1.807, 2.05) is 19.1 Å². The summed E-state index contributed by atoms with van der Waals surface area (Å²) in [5.74, 6) is 0.468. The molecular formula is C28H26ClN3O2S. The van der Waals surface area contributed by atoms with Crippen molar-refractivity contribution in [2.45, 2.75) is 39.0 Å². The maximum atomic E-state index is 12.8. The first-order valence-electron chi connectivity index (χ1n) is 11.7. The maximum Gasteiger partial charge on any atom is 0.255 e. The molecular weight excluding hydrogens is 478 g/mol. The maximum absolute atomic E-state index is 12.8. The Morgan fingerprint density at radius 1 is 1.06 bits per heavy atom. The zero-order chi connectivity index (χ0) is 24.7. The minimum atomic E-state index is -0.244. The Bertz CT molecular complexity index is 1410. The fraction of sp³-hybridized carbons (Fsp3) is 0.250. The highest BCUT2D eigenvalue weighted by molar-refractivity contribution is 7.22. The number of nitrogens with one attached hydrogen (secondary N) is 2. The van der Waals surface area contributed by atoms with Crippen molar-refractivity contribution in [3.05, 3.63) is 87.9 Å². The number of carbonyl (C=O) groups is 2. The van der Waals surface area contributed by atoms with E-state index in [9.17, 15) is 9.59 Å². The average molecular weight is 504 g/mol. The molecule has 7 heteroatoms. The van der Waals surface area contributed by atoms with Gasteiger partial charge >= 0.3 is 0 Å². The Labute approximate surface area is 213 Å². The summed E-state index contributed by atoms with van der Waals surface area (Å²) in [5, 5.41) is 6.92. The molecule has 2 N–H and O–H groups in total. The van der Waals surface area contributed by atoms with E-state index in [1.165, 1.54) is 22.5 Å². The highest BCUT2D eigenvalue weighted by atomic mass is 35.5. The van der Waals surface area contributed by atoms with Crippen LogP contribution in [-0.4, -0.2) is 16.8 Å². The third-order valence-corrected chi connectivity index (χ3v) is 7.75. The molecule has 178 valence electrons.